The van der Waals surface area contributed by atoms with Gasteiger partial charge in [-0.05, 0) is 31.2 Å². The summed E-state index contributed by atoms with van der Waals surface area (Å²) in [5.74, 6) is 2.77. The van der Waals surface area contributed by atoms with Gasteiger partial charge in [-0.25, -0.2) is 4.98 Å². The Kier molecular flexibility index (Phi) is 6.02. The number of carbonyl (C=O) groups is 1. The highest BCUT2D eigenvalue weighted by atomic mass is 32.2. The van der Waals surface area contributed by atoms with E-state index in [9.17, 15) is 9.59 Å². The minimum atomic E-state index is -0.488. The second-order valence-corrected chi connectivity index (χ2v) is 7.24. The smallest absolute Gasteiger partial charge is 0.266 e. The molecule has 6 nitrogen and oxygen atoms in total. The summed E-state index contributed by atoms with van der Waals surface area (Å²) in [5.41, 5.74) is 0.976. The lowest BCUT2D eigenvalue weighted by atomic mass is 10.2. The summed E-state index contributed by atoms with van der Waals surface area (Å²) in [6, 6.07) is 14.3. The normalized spacial score (nSPS) is 11.6. The van der Waals surface area contributed by atoms with Crippen LogP contribution in [0.5, 0.6) is 5.75 Å². The molecule has 0 aliphatic heterocycles. The summed E-state index contributed by atoms with van der Waals surface area (Å²) >= 11 is 1.20. The van der Waals surface area contributed by atoms with E-state index < -0.39 is 5.25 Å². The van der Waals surface area contributed by atoms with Crippen molar-refractivity contribution in [1.29, 1.82) is 0 Å². The fraction of sp³-hybridized carbons (Fsp3) is 0.190. The van der Waals surface area contributed by atoms with Crippen LogP contribution < -0.4 is 15.6 Å². The van der Waals surface area contributed by atoms with Gasteiger partial charge in [0.25, 0.3) is 5.56 Å². The van der Waals surface area contributed by atoms with E-state index in [0.29, 0.717) is 27.5 Å². The third-order valence-electron chi connectivity index (χ3n) is 4.07. The summed E-state index contributed by atoms with van der Waals surface area (Å²) in [4.78, 5) is 30.1. The number of fused-ring (bicyclic) bond motifs is 1. The highest BCUT2D eigenvalue weighted by Gasteiger charge is 2.20. The summed E-state index contributed by atoms with van der Waals surface area (Å²) in [6.07, 6.45) is 5.20. The average Bonchev–Trinajstić information content (AvgIpc) is 2.72. The van der Waals surface area contributed by atoms with Crippen LogP contribution in [0.15, 0.2) is 58.5 Å². The standard InChI is InChI=1S/C21H19N3O3S/c1-4-12-22-19(25)14(2)28-21-23-18-11-6-5-10-17(18)20(26)24(21)15-8-7-9-16(13-15)27-3/h1,5-11,13-14H,12H2,2-3H3,(H,22,25). The zero-order valence-corrected chi connectivity index (χ0v) is 16.3. The first-order valence-corrected chi connectivity index (χ1v) is 9.47. The van der Waals surface area contributed by atoms with Crippen LogP contribution >= 0.6 is 11.8 Å². The molecule has 0 radical (unpaired) electrons. The highest BCUT2D eigenvalue weighted by molar-refractivity contribution is 8.00. The fourth-order valence-electron chi connectivity index (χ4n) is 2.66. The van der Waals surface area contributed by atoms with Crippen molar-refractivity contribution in [2.24, 2.45) is 0 Å². The highest BCUT2D eigenvalue weighted by Crippen LogP contribution is 2.26. The Morgan fingerprint density at radius 1 is 1.32 bits per heavy atom. The molecular formula is C21H19N3O3S. The van der Waals surface area contributed by atoms with E-state index in [4.69, 9.17) is 11.2 Å². The molecule has 1 atom stereocenters. The molecule has 1 aromatic heterocycles. The predicted octanol–water partition coefficient (Wildman–Crippen LogP) is 2.62. The molecule has 3 rings (SSSR count). The predicted molar refractivity (Wildman–Crippen MR) is 111 cm³/mol. The van der Waals surface area contributed by atoms with Crippen LogP contribution in [0, 0.1) is 12.3 Å². The molecule has 3 aromatic rings. The van der Waals surface area contributed by atoms with Gasteiger partial charge in [0.1, 0.15) is 5.75 Å². The number of rotatable bonds is 6. The van der Waals surface area contributed by atoms with Crippen LogP contribution in [0.4, 0.5) is 0 Å². The van der Waals surface area contributed by atoms with Gasteiger partial charge in [0.05, 0.1) is 35.5 Å². The third-order valence-corrected chi connectivity index (χ3v) is 5.12. The van der Waals surface area contributed by atoms with Crippen molar-refractivity contribution < 1.29 is 9.53 Å². The topological polar surface area (TPSA) is 73.2 Å². The molecule has 0 spiro atoms. The van der Waals surface area contributed by atoms with Gasteiger partial charge in [0.2, 0.25) is 5.91 Å². The van der Waals surface area contributed by atoms with E-state index in [1.54, 1.807) is 56.5 Å². The van der Waals surface area contributed by atoms with Gasteiger partial charge in [-0.2, -0.15) is 0 Å². The third kappa shape index (κ3) is 4.02. The number of thioether (sulfide) groups is 1. The number of aromatic nitrogens is 2. The molecule has 0 aliphatic rings. The molecule has 2 aromatic carbocycles. The Bertz CT molecular complexity index is 1120. The van der Waals surface area contributed by atoms with Crippen LogP contribution in [0.2, 0.25) is 0 Å². The Morgan fingerprint density at radius 3 is 2.86 bits per heavy atom. The molecule has 28 heavy (non-hydrogen) atoms. The van der Waals surface area contributed by atoms with Gasteiger partial charge in [0.15, 0.2) is 5.16 Å². The SMILES string of the molecule is C#CCNC(=O)C(C)Sc1nc2ccccc2c(=O)n1-c1cccc(OC)c1. The molecule has 7 heteroatoms. The Labute approximate surface area is 166 Å². The minimum Gasteiger partial charge on any atom is -0.497 e. The van der Waals surface area contributed by atoms with Crippen molar-refractivity contribution in [1.82, 2.24) is 14.9 Å². The number of hydrogen-bond donors (Lipinski definition) is 1. The van der Waals surface area contributed by atoms with Gasteiger partial charge >= 0.3 is 0 Å². The Morgan fingerprint density at radius 2 is 2.11 bits per heavy atom. The molecule has 0 bridgehead atoms. The van der Waals surface area contributed by atoms with Crippen LogP contribution in [0.1, 0.15) is 6.92 Å². The number of hydrogen-bond acceptors (Lipinski definition) is 5. The maximum Gasteiger partial charge on any atom is 0.266 e. The van der Waals surface area contributed by atoms with E-state index in [0.717, 1.165) is 0 Å². The first kappa shape index (κ1) is 19.5. The van der Waals surface area contributed by atoms with Crippen molar-refractivity contribution in [3.63, 3.8) is 0 Å². The Balaban J connectivity index is 2.13. The number of ether oxygens (including phenoxy) is 1. The molecule has 0 saturated carbocycles. The molecule has 0 saturated heterocycles. The van der Waals surface area contributed by atoms with E-state index in [2.05, 4.69) is 16.2 Å². The molecule has 1 amide bonds. The van der Waals surface area contributed by atoms with Gasteiger partial charge in [-0.15, -0.1) is 6.42 Å². The molecule has 0 aliphatic carbocycles. The monoisotopic (exact) mass is 393 g/mol. The van der Waals surface area contributed by atoms with Crippen molar-refractivity contribution in [2.75, 3.05) is 13.7 Å². The fourth-order valence-corrected chi connectivity index (χ4v) is 3.61. The van der Waals surface area contributed by atoms with Gasteiger partial charge in [-0.3, -0.25) is 14.2 Å². The second-order valence-electron chi connectivity index (χ2n) is 5.94. The quantitative estimate of drug-likeness (QED) is 0.396. The van der Waals surface area contributed by atoms with E-state index in [1.165, 1.54) is 16.3 Å². The lowest BCUT2D eigenvalue weighted by molar-refractivity contribution is -0.120. The van der Waals surface area contributed by atoms with Crippen molar-refractivity contribution in [3.05, 3.63) is 58.9 Å². The molecule has 0 fully saturated rings. The number of terminal acetylenes is 1. The largest absolute Gasteiger partial charge is 0.497 e. The summed E-state index contributed by atoms with van der Waals surface area (Å²) in [5, 5.41) is 3.08. The van der Waals surface area contributed by atoms with E-state index in [-0.39, 0.29) is 18.0 Å². The number of amides is 1. The van der Waals surface area contributed by atoms with Crippen LogP contribution in [-0.2, 0) is 4.79 Å². The number of methoxy groups -OCH3 is 1. The van der Waals surface area contributed by atoms with Crippen molar-refractivity contribution in [3.8, 4) is 23.8 Å². The number of para-hydroxylation sites is 1. The van der Waals surface area contributed by atoms with Crippen molar-refractivity contribution >= 4 is 28.6 Å². The van der Waals surface area contributed by atoms with Crippen molar-refractivity contribution in [2.45, 2.75) is 17.3 Å². The van der Waals surface area contributed by atoms with E-state index >= 15 is 0 Å². The van der Waals surface area contributed by atoms with Crippen LogP contribution in [0.25, 0.3) is 16.6 Å². The number of carbonyl (C=O) groups excluding carboxylic acids is 1. The number of benzene rings is 2. The van der Waals surface area contributed by atoms with Gasteiger partial charge in [0, 0.05) is 6.07 Å². The van der Waals surface area contributed by atoms with Gasteiger partial charge in [-0.1, -0.05) is 35.9 Å². The zero-order chi connectivity index (χ0) is 20.1. The summed E-state index contributed by atoms with van der Waals surface area (Å²) < 4.78 is 6.78. The number of nitrogens with zero attached hydrogens (tertiary/aromatic N) is 2. The van der Waals surface area contributed by atoms with E-state index in [1.807, 2.05) is 6.07 Å². The number of nitrogens with one attached hydrogen (secondary N) is 1. The molecule has 1 N–H and O–H groups in total. The first-order valence-electron chi connectivity index (χ1n) is 8.59. The van der Waals surface area contributed by atoms with Crippen LogP contribution in [0.3, 0.4) is 0 Å². The first-order chi connectivity index (χ1) is 13.5. The summed E-state index contributed by atoms with van der Waals surface area (Å²) in [7, 11) is 1.56. The van der Waals surface area contributed by atoms with Crippen LogP contribution in [-0.4, -0.2) is 34.4 Å². The maximum absolute atomic E-state index is 13.2. The van der Waals surface area contributed by atoms with Gasteiger partial charge < -0.3 is 10.1 Å². The lowest BCUT2D eigenvalue weighted by Gasteiger charge is -2.16. The second kappa shape index (κ2) is 8.63. The zero-order valence-electron chi connectivity index (χ0n) is 15.5. The lowest BCUT2D eigenvalue weighted by Crippen LogP contribution is -2.32. The molecular weight excluding hydrogens is 374 g/mol. The molecule has 1 unspecified atom stereocenters. The summed E-state index contributed by atoms with van der Waals surface area (Å²) in [6.45, 7) is 1.89. The molecule has 1 heterocycles. The average molecular weight is 393 g/mol. The minimum absolute atomic E-state index is 0.150. The maximum atomic E-state index is 13.2. The molecule has 142 valence electrons. The Hall–Kier alpha value is -3.24.